The molecule has 0 aromatic heterocycles. The van der Waals surface area contributed by atoms with Gasteiger partial charge in [0.15, 0.2) is 11.5 Å². The molecule has 1 aromatic carbocycles. The van der Waals surface area contributed by atoms with Gasteiger partial charge in [0.2, 0.25) is 0 Å². The van der Waals surface area contributed by atoms with Crippen molar-refractivity contribution < 1.29 is 35.8 Å². The first-order valence-corrected chi connectivity index (χ1v) is 4.61. The Morgan fingerprint density at radius 3 is 1.78 bits per heavy atom. The molecule has 0 aliphatic heterocycles. The van der Waals surface area contributed by atoms with Crippen LogP contribution in [0.15, 0.2) is 12.1 Å². The number of aryl methyl sites for hydroxylation is 1. The maximum atomic E-state index is 12.1. The molecule has 0 radical (unpaired) electrons. The van der Waals surface area contributed by atoms with Crippen LogP contribution >= 0.6 is 0 Å². The Labute approximate surface area is 98.1 Å². The van der Waals surface area contributed by atoms with Crippen LogP contribution in [0.25, 0.3) is 0 Å². The average molecular weight is 274 g/mol. The first kappa shape index (κ1) is 14.5. The highest BCUT2D eigenvalue weighted by molar-refractivity contribution is 5.49. The van der Waals surface area contributed by atoms with Crippen LogP contribution in [-0.2, 0) is 0 Å². The summed E-state index contributed by atoms with van der Waals surface area (Å²) in [5.41, 5.74) is 0.276. The lowest BCUT2D eigenvalue weighted by atomic mass is 10.1. The summed E-state index contributed by atoms with van der Waals surface area (Å²) in [7, 11) is 0. The zero-order valence-corrected chi connectivity index (χ0v) is 9.24. The third-order valence-electron chi connectivity index (χ3n) is 2.08. The number of hydrogen-bond acceptors (Lipinski definition) is 2. The van der Waals surface area contributed by atoms with Gasteiger partial charge in [0.05, 0.1) is 0 Å². The normalized spacial score (nSPS) is 12.4. The van der Waals surface area contributed by atoms with Crippen molar-refractivity contribution in [2.45, 2.75) is 26.6 Å². The lowest BCUT2D eigenvalue weighted by Crippen LogP contribution is -2.22. The van der Waals surface area contributed by atoms with E-state index in [9.17, 15) is 26.3 Å². The Kier molecular flexibility index (Phi) is 3.68. The standard InChI is InChI=1S/C10H8F6O2/c1-5-3-4-7(17-9(11,12)13)8(6(5)2)18-10(14,15)16/h3-4H,1-2H3. The van der Waals surface area contributed by atoms with Crippen molar-refractivity contribution in [1.29, 1.82) is 0 Å². The van der Waals surface area contributed by atoms with Crippen LogP contribution in [0.5, 0.6) is 11.5 Å². The summed E-state index contributed by atoms with van der Waals surface area (Å²) in [6.45, 7) is 2.65. The fourth-order valence-corrected chi connectivity index (χ4v) is 1.21. The molecule has 0 bridgehead atoms. The highest BCUT2D eigenvalue weighted by Crippen LogP contribution is 2.39. The van der Waals surface area contributed by atoms with Crippen LogP contribution in [0, 0.1) is 13.8 Å². The van der Waals surface area contributed by atoms with Crippen molar-refractivity contribution in [2.75, 3.05) is 0 Å². The van der Waals surface area contributed by atoms with E-state index in [2.05, 4.69) is 9.47 Å². The molecule has 0 fully saturated rings. The van der Waals surface area contributed by atoms with Crippen molar-refractivity contribution in [3.8, 4) is 11.5 Å². The van der Waals surface area contributed by atoms with E-state index in [1.54, 1.807) is 0 Å². The van der Waals surface area contributed by atoms with Gasteiger partial charge in [0, 0.05) is 0 Å². The van der Waals surface area contributed by atoms with Crippen LogP contribution in [-0.4, -0.2) is 12.7 Å². The molecule has 0 spiro atoms. The molecule has 0 saturated heterocycles. The molecule has 8 heteroatoms. The van der Waals surface area contributed by atoms with Crippen LogP contribution in [0.4, 0.5) is 26.3 Å². The number of alkyl halides is 6. The summed E-state index contributed by atoms with van der Waals surface area (Å²) in [6.07, 6.45) is -10.2. The summed E-state index contributed by atoms with van der Waals surface area (Å²) in [6, 6.07) is 1.98. The highest BCUT2D eigenvalue weighted by atomic mass is 19.4. The van der Waals surface area contributed by atoms with E-state index in [4.69, 9.17) is 0 Å². The SMILES string of the molecule is Cc1ccc(OC(F)(F)F)c(OC(F)(F)F)c1C. The fourth-order valence-electron chi connectivity index (χ4n) is 1.21. The summed E-state index contributed by atoms with van der Waals surface area (Å²) in [4.78, 5) is 0. The van der Waals surface area contributed by atoms with Gasteiger partial charge in [-0.3, -0.25) is 0 Å². The predicted octanol–water partition coefficient (Wildman–Crippen LogP) is 4.10. The predicted molar refractivity (Wildman–Crippen MR) is 49.3 cm³/mol. The summed E-state index contributed by atoms with van der Waals surface area (Å²) >= 11 is 0. The molecule has 0 heterocycles. The zero-order chi connectivity index (χ0) is 14.1. The minimum Gasteiger partial charge on any atom is -0.402 e. The molecule has 0 unspecified atom stereocenters. The second-order valence-corrected chi connectivity index (χ2v) is 3.43. The Morgan fingerprint density at radius 2 is 1.33 bits per heavy atom. The third kappa shape index (κ3) is 4.01. The smallest absolute Gasteiger partial charge is 0.402 e. The first-order valence-electron chi connectivity index (χ1n) is 4.61. The van der Waals surface area contributed by atoms with E-state index in [0.717, 1.165) is 6.07 Å². The highest BCUT2D eigenvalue weighted by Gasteiger charge is 2.37. The molecule has 1 aromatic rings. The van der Waals surface area contributed by atoms with Gasteiger partial charge in [-0.15, -0.1) is 26.3 Å². The second-order valence-electron chi connectivity index (χ2n) is 3.43. The number of benzene rings is 1. The van der Waals surface area contributed by atoms with Gasteiger partial charge >= 0.3 is 12.7 Å². The van der Waals surface area contributed by atoms with Crippen LogP contribution in [0.3, 0.4) is 0 Å². The van der Waals surface area contributed by atoms with Crippen molar-refractivity contribution in [3.05, 3.63) is 23.3 Å². The largest absolute Gasteiger partial charge is 0.573 e. The van der Waals surface area contributed by atoms with E-state index in [-0.39, 0.29) is 5.56 Å². The molecule has 0 amide bonds. The molecule has 102 valence electrons. The Hall–Kier alpha value is -1.60. The van der Waals surface area contributed by atoms with Gasteiger partial charge in [0.25, 0.3) is 0 Å². The van der Waals surface area contributed by atoms with E-state index in [1.165, 1.54) is 19.9 Å². The van der Waals surface area contributed by atoms with Gasteiger partial charge < -0.3 is 9.47 Å². The maximum Gasteiger partial charge on any atom is 0.573 e. The van der Waals surface area contributed by atoms with Gasteiger partial charge in [-0.2, -0.15) is 0 Å². The summed E-state index contributed by atoms with van der Waals surface area (Å²) in [5, 5.41) is 0. The number of rotatable bonds is 2. The molecule has 0 saturated carbocycles. The van der Waals surface area contributed by atoms with Crippen molar-refractivity contribution in [2.24, 2.45) is 0 Å². The number of ether oxygens (including phenoxy) is 2. The van der Waals surface area contributed by atoms with Crippen molar-refractivity contribution in [1.82, 2.24) is 0 Å². The molecule has 0 atom stereocenters. The second kappa shape index (κ2) is 4.58. The van der Waals surface area contributed by atoms with E-state index in [0.29, 0.717) is 5.56 Å². The molecule has 0 aliphatic carbocycles. The maximum absolute atomic E-state index is 12.1. The lowest BCUT2D eigenvalue weighted by Gasteiger charge is -2.18. The summed E-state index contributed by atoms with van der Waals surface area (Å²) < 4.78 is 79.5. The Morgan fingerprint density at radius 1 is 0.833 bits per heavy atom. The minimum atomic E-state index is -5.09. The zero-order valence-electron chi connectivity index (χ0n) is 9.24. The Bertz CT molecular complexity index is 435. The minimum absolute atomic E-state index is 0.0749. The monoisotopic (exact) mass is 274 g/mol. The molecule has 2 nitrogen and oxygen atoms in total. The molecular weight excluding hydrogens is 266 g/mol. The molecule has 0 aliphatic rings. The van der Waals surface area contributed by atoms with Gasteiger partial charge in [-0.05, 0) is 31.0 Å². The first-order chi connectivity index (χ1) is 7.99. The van der Waals surface area contributed by atoms with Gasteiger partial charge in [-0.1, -0.05) is 6.07 Å². The van der Waals surface area contributed by atoms with Crippen LogP contribution in [0.2, 0.25) is 0 Å². The molecule has 18 heavy (non-hydrogen) atoms. The molecule has 0 N–H and O–H groups in total. The van der Waals surface area contributed by atoms with Crippen LogP contribution < -0.4 is 9.47 Å². The van der Waals surface area contributed by atoms with Crippen LogP contribution in [0.1, 0.15) is 11.1 Å². The van der Waals surface area contributed by atoms with E-state index in [1.807, 2.05) is 0 Å². The Balaban J connectivity index is 3.22. The fraction of sp³-hybridized carbons (Fsp3) is 0.400. The number of hydrogen-bond donors (Lipinski definition) is 0. The van der Waals surface area contributed by atoms with Crippen molar-refractivity contribution in [3.63, 3.8) is 0 Å². The number of halogens is 6. The van der Waals surface area contributed by atoms with E-state index >= 15 is 0 Å². The van der Waals surface area contributed by atoms with Gasteiger partial charge in [-0.25, -0.2) is 0 Å². The van der Waals surface area contributed by atoms with E-state index < -0.39 is 24.2 Å². The topological polar surface area (TPSA) is 18.5 Å². The van der Waals surface area contributed by atoms with Gasteiger partial charge in [0.1, 0.15) is 0 Å². The summed E-state index contributed by atoms with van der Waals surface area (Å²) in [5.74, 6) is -2.01. The third-order valence-corrected chi connectivity index (χ3v) is 2.08. The average Bonchev–Trinajstić information content (AvgIpc) is 2.14. The van der Waals surface area contributed by atoms with Crippen molar-refractivity contribution >= 4 is 0 Å². The lowest BCUT2D eigenvalue weighted by molar-refractivity contribution is -0.287. The molecule has 1 rings (SSSR count). The molecular formula is C10H8F6O2. The quantitative estimate of drug-likeness (QED) is 0.756.